The van der Waals surface area contributed by atoms with Crippen LogP contribution >= 0.6 is 0 Å². The molecule has 0 atom stereocenters. The van der Waals surface area contributed by atoms with Crippen molar-refractivity contribution in [2.45, 2.75) is 45.4 Å². The first-order chi connectivity index (χ1) is 12.7. The van der Waals surface area contributed by atoms with Crippen molar-refractivity contribution in [3.63, 3.8) is 0 Å². The molecule has 0 fully saturated rings. The lowest BCUT2D eigenvalue weighted by molar-refractivity contribution is -0.419. The Bertz CT molecular complexity index is 591. The molecule has 140 valence electrons. The van der Waals surface area contributed by atoms with Crippen molar-refractivity contribution < 1.29 is 9.72 Å². The van der Waals surface area contributed by atoms with Crippen LogP contribution in [-0.4, -0.2) is 11.2 Å². The summed E-state index contributed by atoms with van der Waals surface area (Å²) in [6.07, 6.45) is 29.7. The van der Waals surface area contributed by atoms with Crippen LogP contribution in [0, 0.1) is 10.1 Å². The van der Waals surface area contributed by atoms with Gasteiger partial charge in [0.1, 0.15) is 6.29 Å². The molecule has 0 unspecified atom stereocenters. The number of nitrogens with zero attached hydrogens (tertiary/aromatic N) is 1. The fraction of sp³-hybridized carbons (Fsp3) is 0.318. The van der Waals surface area contributed by atoms with Gasteiger partial charge in [0.25, 0.3) is 5.70 Å². The Hall–Kier alpha value is -2.75. The summed E-state index contributed by atoms with van der Waals surface area (Å²) in [5.41, 5.74) is 0.0884. The molecule has 4 heteroatoms. The predicted molar refractivity (Wildman–Crippen MR) is 109 cm³/mol. The molecule has 4 nitrogen and oxygen atoms in total. The molecule has 26 heavy (non-hydrogen) atoms. The van der Waals surface area contributed by atoms with Crippen LogP contribution in [0.4, 0.5) is 0 Å². The zero-order valence-electron chi connectivity index (χ0n) is 15.5. The standard InChI is InChI=1S/C22H29NO3/c1-2-3-4-5-10-13-16-19-22(23(25)26)20-17-14-11-8-6-7-9-12-15-18-21-24/h3-4,6,8-14,17,19-21H,2,5,7,15-16,18H2,1H3/b4-3+,8-6+,12-9+,13-10+,14-11+,20-17+,22-19-. The summed E-state index contributed by atoms with van der Waals surface area (Å²) >= 11 is 0. The summed E-state index contributed by atoms with van der Waals surface area (Å²) in [4.78, 5) is 20.8. The topological polar surface area (TPSA) is 60.2 Å². The lowest BCUT2D eigenvalue weighted by atomic mass is 10.2. The lowest BCUT2D eigenvalue weighted by Gasteiger charge is -1.89. The van der Waals surface area contributed by atoms with Crippen molar-refractivity contribution in [3.8, 4) is 0 Å². The highest BCUT2D eigenvalue weighted by Gasteiger charge is 2.02. The van der Waals surface area contributed by atoms with E-state index in [0.29, 0.717) is 12.8 Å². The fourth-order valence-electron chi connectivity index (χ4n) is 1.82. The monoisotopic (exact) mass is 355 g/mol. The molecule has 0 heterocycles. The number of hydrogen-bond acceptors (Lipinski definition) is 3. The van der Waals surface area contributed by atoms with Crippen molar-refractivity contribution in [2.24, 2.45) is 0 Å². The molecule has 0 saturated heterocycles. The van der Waals surface area contributed by atoms with Gasteiger partial charge in [0.2, 0.25) is 0 Å². The summed E-state index contributed by atoms with van der Waals surface area (Å²) in [6, 6.07) is 0. The molecule has 0 rings (SSSR count). The second-order valence-electron chi connectivity index (χ2n) is 5.33. The summed E-state index contributed by atoms with van der Waals surface area (Å²) in [5.74, 6) is 0. The van der Waals surface area contributed by atoms with E-state index in [0.717, 1.165) is 32.0 Å². The fourth-order valence-corrected chi connectivity index (χ4v) is 1.82. The highest BCUT2D eigenvalue weighted by atomic mass is 16.6. The van der Waals surface area contributed by atoms with E-state index in [4.69, 9.17) is 0 Å². The van der Waals surface area contributed by atoms with Crippen molar-refractivity contribution in [3.05, 3.63) is 94.8 Å². The molecule has 0 aliphatic carbocycles. The Morgan fingerprint density at radius 2 is 1.46 bits per heavy atom. The average molecular weight is 355 g/mol. The number of nitro groups is 1. The van der Waals surface area contributed by atoms with Crippen LogP contribution < -0.4 is 0 Å². The van der Waals surface area contributed by atoms with E-state index in [9.17, 15) is 14.9 Å². The van der Waals surface area contributed by atoms with Gasteiger partial charge in [-0.05, 0) is 38.2 Å². The van der Waals surface area contributed by atoms with Crippen LogP contribution in [0.3, 0.4) is 0 Å². The van der Waals surface area contributed by atoms with Gasteiger partial charge in [-0.3, -0.25) is 10.1 Å². The first kappa shape index (κ1) is 23.2. The Morgan fingerprint density at radius 3 is 2.19 bits per heavy atom. The van der Waals surface area contributed by atoms with Crippen LogP contribution in [0.2, 0.25) is 0 Å². The maximum atomic E-state index is 11.0. The first-order valence-corrected chi connectivity index (χ1v) is 8.95. The van der Waals surface area contributed by atoms with Crippen LogP contribution in [-0.2, 0) is 4.79 Å². The van der Waals surface area contributed by atoms with Crippen molar-refractivity contribution >= 4 is 6.29 Å². The Morgan fingerprint density at radius 1 is 0.808 bits per heavy atom. The number of aldehydes is 1. The highest BCUT2D eigenvalue weighted by Crippen LogP contribution is 2.02. The number of rotatable bonds is 14. The van der Waals surface area contributed by atoms with Gasteiger partial charge < -0.3 is 4.79 Å². The second-order valence-corrected chi connectivity index (χ2v) is 5.33. The van der Waals surface area contributed by atoms with Crippen molar-refractivity contribution in [1.29, 1.82) is 0 Å². The van der Waals surface area contributed by atoms with E-state index in [2.05, 4.69) is 19.1 Å². The van der Waals surface area contributed by atoms with Gasteiger partial charge in [0.05, 0.1) is 4.92 Å². The van der Waals surface area contributed by atoms with E-state index in [1.165, 1.54) is 6.08 Å². The minimum atomic E-state index is -0.380. The molecule has 0 aromatic carbocycles. The molecule has 0 saturated carbocycles. The molecule has 0 N–H and O–H groups in total. The molecule has 0 aromatic heterocycles. The molecular formula is C22H29NO3. The Kier molecular flexibility index (Phi) is 16.6. The van der Waals surface area contributed by atoms with Crippen LogP contribution in [0.15, 0.2) is 84.7 Å². The van der Waals surface area contributed by atoms with E-state index in [1.807, 2.05) is 42.5 Å². The second kappa shape index (κ2) is 18.6. The van der Waals surface area contributed by atoms with Gasteiger partial charge in [-0.15, -0.1) is 0 Å². The minimum absolute atomic E-state index is 0.0884. The van der Waals surface area contributed by atoms with Gasteiger partial charge in [-0.25, -0.2) is 0 Å². The number of unbranched alkanes of at least 4 members (excludes halogenated alkanes) is 1. The van der Waals surface area contributed by atoms with Gasteiger partial charge in [0.15, 0.2) is 0 Å². The maximum Gasteiger partial charge on any atom is 0.265 e. The minimum Gasteiger partial charge on any atom is -0.303 e. The third kappa shape index (κ3) is 16.1. The first-order valence-electron chi connectivity index (χ1n) is 8.95. The molecule has 0 spiro atoms. The summed E-state index contributed by atoms with van der Waals surface area (Å²) in [6.45, 7) is 2.08. The van der Waals surface area contributed by atoms with Gasteiger partial charge >= 0.3 is 0 Å². The quantitative estimate of drug-likeness (QED) is 0.0952. The zero-order valence-corrected chi connectivity index (χ0v) is 15.5. The van der Waals surface area contributed by atoms with Crippen molar-refractivity contribution in [1.82, 2.24) is 0 Å². The van der Waals surface area contributed by atoms with E-state index in [-0.39, 0.29) is 10.6 Å². The van der Waals surface area contributed by atoms with Crippen LogP contribution in [0.5, 0.6) is 0 Å². The third-order valence-corrected chi connectivity index (χ3v) is 3.14. The zero-order chi connectivity index (χ0) is 19.3. The molecule has 0 aliphatic heterocycles. The number of carbonyl (C=O) groups is 1. The summed E-state index contributed by atoms with van der Waals surface area (Å²) < 4.78 is 0. The number of hydrogen-bond donors (Lipinski definition) is 0. The summed E-state index contributed by atoms with van der Waals surface area (Å²) in [5, 5.41) is 11.0. The molecule has 0 aliphatic rings. The van der Waals surface area contributed by atoms with Gasteiger partial charge in [-0.2, -0.15) is 0 Å². The molecule has 0 amide bonds. The average Bonchev–Trinajstić information content (AvgIpc) is 2.63. The number of carbonyl (C=O) groups excluding carboxylic acids is 1. The third-order valence-electron chi connectivity index (χ3n) is 3.14. The molecule has 0 aromatic rings. The largest absolute Gasteiger partial charge is 0.303 e. The lowest BCUT2D eigenvalue weighted by Crippen LogP contribution is -1.94. The normalized spacial score (nSPS) is 13.5. The Balaban J connectivity index is 4.25. The van der Waals surface area contributed by atoms with E-state index in [1.54, 1.807) is 18.2 Å². The Labute approximate surface area is 156 Å². The van der Waals surface area contributed by atoms with Crippen LogP contribution in [0.25, 0.3) is 0 Å². The van der Waals surface area contributed by atoms with Gasteiger partial charge in [-0.1, -0.05) is 73.8 Å². The maximum absolute atomic E-state index is 11.0. The smallest absolute Gasteiger partial charge is 0.265 e. The molecule has 0 bridgehead atoms. The highest BCUT2D eigenvalue weighted by molar-refractivity contribution is 5.49. The SMILES string of the molecule is CC/C=C/C/C=C/C/C=C(/C=C/C=C/C=C/C/C=C/CCC=O)[N+](=O)[O-]. The molecule has 0 radical (unpaired) electrons. The predicted octanol–water partition coefficient (Wildman–Crippen LogP) is 6.04. The van der Waals surface area contributed by atoms with E-state index < -0.39 is 0 Å². The summed E-state index contributed by atoms with van der Waals surface area (Å²) in [7, 11) is 0. The van der Waals surface area contributed by atoms with Crippen LogP contribution in [0.1, 0.15) is 45.4 Å². The van der Waals surface area contributed by atoms with E-state index >= 15 is 0 Å². The van der Waals surface area contributed by atoms with Gasteiger partial charge in [0, 0.05) is 12.5 Å². The molecular weight excluding hydrogens is 326 g/mol. The number of allylic oxidation sites excluding steroid dienone is 13. The van der Waals surface area contributed by atoms with Crippen molar-refractivity contribution in [2.75, 3.05) is 0 Å².